The highest BCUT2D eigenvalue weighted by Crippen LogP contribution is 2.32. The highest BCUT2D eigenvalue weighted by molar-refractivity contribution is 8.14. The number of carbonyl (C=O) groups is 1. The summed E-state index contributed by atoms with van der Waals surface area (Å²) < 4.78 is 11.0. The van der Waals surface area contributed by atoms with Gasteiger partial charge in [-0.2, -0.15) is 0 Å². The van der Waals surface area contributed by atoms with Crippen molar-refractivity contribution < 1.29 is 13.9 Å². The van der Waals surface area contributed by atoms with Gasteiger partial charge >= 0.3 is 0 Å². The fourth-order valence-corrected chi connectivity index (χ4v) is 3.37. The van der Waals surface area contributed by atoms with Crippen molar-refractivity contribution in [2.24, 2.45) is 0 Å². The summed E-state index contributed by atoms with van der Waals surface area (Å²) in [6.07, 6.45) is 0. The lowest BCUT2D eigenvalue weighted by molar-refractivity contribution is 0.108. The average Bonchev–Trinajstić information content (AvgIpc) is 3.15. The number of benzene rings is 3. The molecule has 0 fully saturated rings. The second kappa shape index (κ2) is 7.01. The van der Waals surface area contributed by atoms with Crippen molar-refractivity contribution in [2.75, 3.05) is 7.11 Å². The first-order chi connectivity index (χ1) is 12.8. The topological polar surface area (TPSA) is 65.2 Å². The fraction of sp³-hybridized carbons (Fsp3) is 0.0500. The molecule has 0 N–H and O–H groups in total. The first kappa shape index (κ1) is 16.4. The summed E-state index contributed by atoms with van der Waals surface area (Å²) in [5.41, 5.74) is 1.30. The number of nitrogens with zero attached hydrogens (tertiary/aromatic N) is 2. The molecule has 3 aromatic carbocycles. The van der Waals surface area contributed by atoms with Gasteiger partial charge in [0.15, 0.2) is 0 Å². The Morgan fingerprint density at radius 2 is 1.73 bits per heavy atom. The van der Waals surface area contributed by atoms with E-state index in [0.29, 0.717) is 22.8 Å². The summed E-state index contributed by atoms with van der Waals surface area (Å²) in [5.74, 6) is 0.948. The van der Waals surface area contributed by atoms with Crippen molar-refractivity contribution in [3.63, 3.8) is 0 Å². The van der Waals surface area contributed by atoms with Crippen LogP contribution >= 0.6 is 11.8 Å². The zero-order chi connectivity index (χ0) is 17.9. The van der Waals surface area contributed by atoms with Crippen LogP contribution in [0.2, 0.25) is 0 Å². The molecule has 0 bridgehead atoms. The van der Waals surface area contributed by atoms with Crippen LogP contribution < -0.4 is 4.74 Å². The molecule has 6 heteroatoms. The van der Waals surface area contributed by atoms with Crippen LogP contribution in [0.25, 0.3) is 22.2 Å². The quantitative estimate of drug-likeness (QED) is 0.485. The molecular weight excluding hydrogens is 348 g/mol. The van der Waals surface area contributed by atoms with Crippen LogP contribution in [0.4, 0.5) is 0 Å². The Hall–Kier alpha value is -3.12. The van der Waals surface area contributed by atoms with Crippen LogP contribution in [-0.2, 0) is 0 Å². The van der Waals surface area contributed by atoms with Gasteiger partial charge in [0.2, 0.25) is 5.12 Å². The molecule has 0 unspecified atom stereocenters. The van der Waals surface area contributed by atoms with Crippen molar-refractivity contribution in [3.8, 4) is 17.2 Å². The second-order valence-corrected chi connectivity index (χ2v) is 6.41. The molecule has 5 nitrogen and oxygen atoms in total. The van der Waals surface area contributed by atoms with Gasteiger partial charge < -0.3 is 9.15 Å². The molecule has 1 aromatic heterocycles. The minimum Gasteiger partial charge on any atom is -0.496 e. The van der Waals surface area contributed by atoms with E-state index in [1.165, 1.54) is 0 Å². The maximum absolute atomic E-state index is 12.7. The molecule has 0 amide bonds. The molecule has 26 heavy (non-hydrogen) atoms. The van der Waals surface area contributed by atoms with Crippen LogP contribution in [0.5, 0.6) is 5.75 Å². The second-order valence-electron chi connectivity index (χ2n) is 5.49. The van der Waals surface area contributed by atoms with Crippen molar-refractivity contribution in [2.45, 2.75) is 5.22 Å². The van der Waals surface area contributed by atoms with Gasteiger partial charge in [0, 0.05) is 17.3 Å². The lowest BCUT2D eigenvalue weighted by atomic mass is 10.1. The Morgan fingerprint density at radius 1 is 0.962 bits per heavy atom. The molecule has 0 saturated heterocycles. The van der Waals surface area contributed by atoms with E-state index in [4.69, 9.17) is 9.15 Å². The first-order valence-electron chi connectivity index (χ1n) is 7.93. The molecule has 0 spiro atoms. The SMILES string of the molecule is COc1ccccc1-c1nnc(SC(=O)c2cccc3ccccc23)o1. The third-order valence-corrected chi connectivity index (χ3v) is 4.68. The molecule has 0 radical (unpaired) electrons. The maximum Gasteiger partial charge on any atom is 0.284 e. The summed E-state index contributed by atoms with van der Waals surface area (Å²) in [4.78, 5) is 12.7. The highest BCUT2D eigenvalue weighted by Gasteiger charge is 2.18. The van der Waals surface area contributed by atoms with E-state index in [-0.39, 0.29) is 10.3 Å². The smallest absolute Gasteiger partial charge is 0.284 e. The zero-order valence-corrected chi connectivity index (χ0v) is 14.7. The van der Waals surface area contributed by atoms with Crippen molar-refractivity contribution in [1.29, 1.82) is 0 Å². The van der Waals surface area contributed by atoms with Gasteiger partial charge in [-0.15, -0.1) is 10.2 Å². The molecular formula is C20H14N2O3S. The molecule has 0 aliphatic rings. The van der Waals surface area contributed by atoms with Crippen molar-refractivity contribution >= 4 is 27.6 Å². The predicted molar refractivity (Wildman–Crippen MR) is 100 cm³/mol. The third-order valence-electron chi connectivity index (χ3n) is 3.93. The Kier molecular flexibility index (Phi) is 4.41. The van der Waals surface area contributed by atoms with Crippen LogP contribution in [0.3, 0.4) is 0 Å². The van der Waals surface area contributed by atoms with Crippen molar-refractivity contribution in [1.82, 2.24) is 10.2 Å². The monoisotopic (exact) mass is 362 g/mol. The normalized spacial score (nSPS) is 10.8. The summed E-state index contributed by atoms with van der Waals surface area (Å²) >= 11 is 0.920. The largest absolute Gasteiger partial charge is 0.496 e. The van der Waals surface area contributed by atoms with Crippen LogP contribution in [-0.4, -0.2) is 22.4 Å². The molecule has 4 aromatic rings. The number of thioether (sulfide) groups is 1. The zero-order valence-electron chi connectivity index (χ0n) is 13.9. The summed E-state index contributed by atoms with van der Waals surface area (Å²) in [6.45, 7) is 0. The van der Waals surface area contributed by atoms with E-state index in [0.717, 1.165) is 22.5 Å². The average molecular weight is 362 g/mol. The van der Waals surface area contributed by atoms with Crippen LogP contribution in [0.1, 0.15) is 10.4 Å². The van der Waals surface area contributed by atoms with Gasteiger partial charge in [-0.3, -0.25) is 4.79 Å². The van der Waals surface area contributed by atoms with Crippen LogP contribution in [0.15, 0.2) is 76.4 Å². The summed E-state index contributed by atoms with van der Waals surface area (Å²) in [7, 11) is 1.58. The van der Waals surface area contributed by atoms with E-state index in [1.807, 2.05) is 60.7 Å². The van der Waals surface area contributed by atoms with E-state index in [2.05, 4.69) is 10.2 Å². The number of para-hydroxylation sites is 1. The van der Waals surface area contributed by atoms with Gasteiger partial charge in [-0.1, -0.05) is 48.5 Å². The lowest BCUT2D eigenvalue weighted by Gasteiger charge is -2.04. The molecule has 4 rings (SSSR count). The van der Waals surface area contributed by atoms with Gasteiger partial charge in [0.1, 0.15) is 5.75 Å². The van der Waals surface area contributed by atoms with E-state index < -0.39 is 0 Å². The number of fused-ring (bicyclic) bond motifs is 1. The Balaban J connectivity index is 1.62. The number of rotatable bonds is 4. The van der Waals surface area contributed by atoms with Gasteiger partial charge in [0.25, 0.3) is 11.1 Å². The first-order valence-corrected chi connectivity index (χ1v) is 8.75. The molecule has 1 heterocycles. The van der Waals surface area contributed by atoms with Crippen LogP contribution in [0, 0.1) is 0 Å². The predicted octanol–water partition coefficient (Wildman–Crippen LogP) is 4.83. The fourth-order valence-electron chi connectivity index (χ4n) is 2.72. The molecule has 0 saturated carbocycles. The maximum atomic E-state index is 12.7. The Labute approximate surface area is 154 Å². The van der Waals surface area contributed by atoms with Gasteiger partial charge in [-0.25, -0.2) is 0 Å². The minimum absolute atomic E-state index is 0.142. The van der Waals surface area contributed by atoms with Crippen molar-refractivity contribution in [3.05, 3.63) is 72.3 Å². The number of aromatic nitrogens is 2. The number of hydrogen-bond acceptors (Lipinski definition) is 6. The Morgan fingerprint density at radius 3 is 2.62 bits per heavy atom. The molecule has 0 aliphatic heterocycles. The molecule has 128 valence electrons. The molecule has 0 aliphatic carbocycles. The number of carbonyl (C=O) groups excluding carboxylic acids is 1. The number of ether oxygens (including phenoxy) is 1. The number of hydrogen-bond donors (Lipinski definition) is 0. The summed E-state index contributed by atoms with van der Waals surface area (Å²) in [5, 5.41) is 9.99. The van der Waals surface area contributed by atoms with Gasteiger partial charge in [-0.05, 0) is 29.0 Å². The molecule has 0 atom stereocenters. The van der Waals surface area contributed by atoms with E-state index in [1.54, 1.807) is 13.2 Å². The standard InChI is InChI=1S/C20H14N2O3S/c1-24-17-12-5-4-10-16(17)18-21-22-20(25-18)26-19(23)15-11-6-8-13-7-2-3-9-14(13)15/h2-12H,1H3. The Bertz CT molecular complexity index is 1090. The number of methoxy groups -OCH3 is 1. The summed E-state index contributed by atoms with van der Waals surface area (Å²) in [6, 6.07) is 20.8. The third kappa shape index (κ3) is 3.07. The van der Waals surface area contributed by atoms with Gasteiger partial charge in [0.05, 0.1) is 12.7 Å². The van der Waals surface area contributed by atoms with E-state index in [9.17, 15) is 4.79 Å². The highest BCUT2D eigenvalue weighted by atomic mass is 32.2. The van der Waals surface area contributed by atoms with E-state index >= 15 is 0 Å². The minimum atomic E-state index is -0.142. The lowest BCUT2D eigenvalue weighted by Crippen LogP contribution is -1.94.